The van der Waals surface area contributed by atoms with Crippen molar-refractivity contribution in [2.24, 2.45) is 5.41 Å². The highest BCUT2D eigenvalue weighted by molar-refractivity contribution is 5.94. The number of aromatic nitrogens is 2. The number of amides is 1. The molecule has 4 heteroatoms. The number of fused-ring (bicyclic) bond motifs is 1. The van der Waals surface area contributed by atoms with Crippen LogP contribution in [0.2, 0.25) is 0 Å². The number of benzene rings is 1. The van der Waals surface area contributed by atoms with Gasteiger partial charge >= 0.3 is 0 Å². The molecule has 1 aromatic carbocycles. The van der Waals surface area contributed by atoms with Crippen molar-refractivity contribution in [2.45, 2.75) is 44.9 Å². The van der Waals surface area contributed by atoms with Crippen LogP contribution in [-0.4, -0.2) is 22.6 Å². The molecule has 0 unspecified atom stereocenters. The van der Waals surface area contributed by atoms with Gasteiger partial charge in [-0.1, -0.05) is 44.2 Å². The first-order chi connectivity index (χ1) is 11.0. The summed E-state index contributed by atoms with van der Waals surface area (Å²) in [6, 6.07) is 10.5. The lowest BCUT2D eigenvalue weighted by Gasteiger charge is -2.21. The number of carbonyl (C=O) groups excluding carboxylic acids is 1. The lowest BCUT2D eigenvalue weighted by Crippen LogP contribution is -2.35. The molecule has 1 amide bonds. The van der Waals surface area contributed by atoms with Crippen molar-refractivity contribution in [3.63, 3.8) is 0 Å². The number of nitrogens with zero attached hydrogens (tertiary/aromatic N) is 1. The van der Waals surface area contributed by atoms with Gasteiger partial charge in [0.15, 0.2) is 5.69 Å². The fourth-order valence-corrected chi connectivity index (χ4v) is 4.19. The lowest BCUT2D eigenvalue weighted by molar-refractivity contribution is 0.0942. The molecular weight excluding hydrogens is 286 g/mol. The van der Waals surface area contributed by atoms with E-state index in [0.29, 0.717) is 12.2 Å². The third-order valence-corrected chi connectivity index (χ3v) is 5.81. The number of hydrogen-bond acceptors (Lipinski definition) is 2. The van der Waals surface area contributed by atoms with E-state index >= 15 is 0 Å². The van der Waals surface area contributed by atoms with Crippen molar-refractivity contribution in [3.05, 3.63) is 52.8 Å². The Balaban J connectivity index is 1.52. The number of aryl methyl sites for hydroxylation is 1. The van der Waals surface area contributed by atoms with Crippen LogP contribution in [0.4, 0.5) is 0 Å². The summed E-state index contributed by atoms with van der Waals surface area (Å²) in [7, 11) is 0. The Labute approximate surface area is 136 Å². The van der Waals surface area contributed by atoms with Crippen LogP contribution < -0.4 is 5.32 Å². The number of carbonyl (C=O) groups is 1. The van der Waals surface area contributed by atoms with Crippen LogP contribution in [0.3, 0.4) is 0 Å². The van der Waals surface area contributed by atoms with E-state index in [-0.39, 0.29) is 16.7 Å². The van der Waals surface area contributed by atoms with Crippen molar-refractivity contribution in [1.82, 2.24) is 15.5 Å². The van der Waals surface area contributed by atoms with E-state index < -0.39 is 0 Å². The van der Waals surface area contributed by atoms with Gasteiger partial charge in [0.1, 0.15) is 0 Å². The first-order valence-electron chi connectivity index (χ1n) is 8.43. The van der Waals surface area contributed by atoms with Crippen LogP contribution in [0.1, 0.15) is 54.0 Å². The van der Waals surface area contributed by atoms with Crippen LogP contribution in [0.5, 0.6) is 0 Å². The number of hydrogen-bond donors (Lipinski definition) is 2. The zero-order valence-corrected chi connectivity index (χ0v) is 13.8. The van der Waals surface area contributed by atoms with Crippen molar-refractivity contribution >= 4 is 5.91 Å². The molecule has 1 atom stereocenters. The van der Waals surface area contributed by atoms with Gasteiger partial charge in [-0.2, -0.15) is 5.10 Å². The van der Waals surface area contributed by atoms with Gasteiger partial charge in [0.25, 0.3) is 5.91 Å². The van der Waals surface area contributed by atoms with Crippen LogP contribution in [0.15, 0.2) is 30.3 Å². The van der Waals surface area contributed by atoms with E-state index in [2.05, 4.69) is 53.6 Å². The highest BCUT2D eigenvalue weighted by Crippen LogP contribution is 2.63. The van der Waals surface area contributed by atoms with Gasteiger partial charge in [-0.3, -0.25) is 9.89 Å². The maximum Gasteiger partial charge on any atom is 0.272 e. The summed E-state index contributed by atoms with van der Waals surface area (Å²) >= 11 is 0. The molecule has 2 aromatic rings. The van der Waals surface area contributed by atoms with E-state index in [1.165, 1.54) is 5.56 Å². The summed E-state index contributed by atoms with van der Waals surface area (Å²) in [6.07, 6.45) is 4.19. The number of nitrogens with one attached hydrogen (secondary N) is 2. The molecule has 0 radical (unpaired) electrons. The summed E-state index contributed by atoms with van der Waals surface area (Å²) < 4.78 is 0. The molecule has 4 nitrogen and oxygen atoms in total. The lowest BCUT2D eigenvalue weighted by atomic mass is 9.88. The van der Waals surface area contributed by atoms with E-state index in [1.54, 1.807) is 0 Å². The second-order valence-electron chi connectivity index (χ2n) is 7.57. The third-order valence-electron chi connectivity index (χ3n) is 5.81. The highest BCUT2D eigenvalue weighted by Gasteiger charge is 2.61. The Hall–Kier alpha value is -2.10. The Morgan fingerprint density at radius 1 is 1.26 bits per heavy atom. The Morgan fingerprint density at radius 2 is 2.00 bits per heavy atom. The predicted octanol–water partition coefficient (Wildman–Crippen LogP) is 3.00. The zero-order valence-electron chi connectivity index (χ0n) is 13.8. The minimum absolute atomic E-state index is 0.0394. The van der Waals surface area contributed by atoms with E-state index in [1.807, 2.05) is 6.07 Å². The predicted molar refractivity (Wildman–Crippen MR) is 89.5 cm³/mol. The largest absolute Gasteiger partial charge is 0.350 e. The number of rotatable bonds is 4. The summed E-state index contributed by atoms with van der Waals surface area (Å²) in [6.45, 7) is 5.22. The molecular formula is C19H23N3O. The van der Waals surface area contributed by atoms with Gasteiger partial charge in [-0.15, -0.1) is 0 Å². The number of H-pyrrole nitrogens is 1. The summed E-state index contributed by atoms with van der Waals surface area (Å²) in [5.74, 6) is -0.0394. The molecule has 1 saturated carbocycles. The average molecular weight is 309 g/mol. The van der Waals surface area contributed by atoms with Crippen LogP contribution in [0, 0.1) is 5.41 Å². The second kappa shape index (κ2) is 4.95. The van der Waals surface area contributed by atoms with Gasteiger partial charge in [-0.25, -0.2) is 0 Å². The van der Waals surface area contributed by atoms with Crippen molar-refractivity contribution < 1.29 is 4.79 Å². The fourth-order valence-electron chi connectivity index (χ4n) is 4.19. The van der Waals surface area contributed by atoms with Crippen LogP contribution in [0.25, 0.3) is 0 Å². The number of aromatic amines is 1. The smallest absolute Gasteiger partial charge is 0.272 e. The third kappa shape index (κ3) is 2.19. The second-order valence-corrected chi connectivity index (χ2v) is 7.57. The van der Waals surface area contributed by atoms with Gasteiger partial charge in [0, 0.05) is 23.2 Å². The SMILES string of the molecule is CC1(C)C[C@]1(CNC(=O)c1n[nH]c2c1CCC2)c1ccccc1. The zero-order chi connectivity index (χ0) is 16.1. The average Bonchev–Trinajstić information content (AvgIpc) is 2.91. The normalized spacial score (nSPS) is 24.3. The molecule has 2 aliphatic rings. The molecule has 2 N–H and O–H groups in total. The topological polar surface area (TPSA) is 57.8 Å². The minimum atomic E-state index is -0.0394. The van der Waals surface area contributed by atoms with Crippen LogP contribution in [-0.2, 0) is 18.3 Å². The van der Waals surface area contributed by atoms with Crippen molar-refractivity contribution in [2.75, 3.05) is 6.54 Å². The van der Waals surface area contributed by atoms with Gasteiger partial charge in [0.05, 0.1) is 0 Å². The fraction of sp³-hybridized carbons (Fsp3) is 0.474. The minimum Gasteiger partial charge on any atom is -0.350 e. The molecule has 0 aliphatic heterocycles. The highest BCUT2D eigenvalue weighted by atomic mass is 16.1. The van der Waals surface area contributed by atoms with Gasteiger partial charge in [0.2, 0.25) is 0 Å². The van der Waals surface area contributed by atoms with Gasteiger partial charge < -0.3 is 5.32 Å². The molecule has 1 aromatic heterocycles. The maximum atomic E-state index is 12.6. The maximum absolute atomic E-state index is 12.6. The molecule has 1 fully saturated rings. The monoisotopic (exact) mass is 309 g/mol. The van der Waals surface area contributed by atoms with E-state index in [9.17, 15) is 4.79 Å². The Bertz CT molecular complexity index is 747. The first-order valence-corrected chi connectivity index (χ1v) is 8.43. The quantitative estimate of drug-likeness (QED) is 0.912. The molecule has 0 saturated heterocycles. The molecule has 23 heavy (non-hydrogen) atoms. The molecule has 0 spiro atoms. The van der Waals surface area contributed by atoms with Crippen molar-refractivity contribution in [1.29, 1.82) is 0 Å². The molecule has 2 aliphatic carbocycles. The Kier molecular flexibility index (Phi) is 3.12. The molecule has 0 bridgehead atoms. The summed E-state index contributed by atoms with van der Waals surface area (Å²) in [4.78, 5) is 12.6. The van der Waals surface area contributed by atoms with Gasteiger partial charge in [-0.05, 0) is 36.7 Å². The summed E-state index contributed by atoms with van der Waals surface area (Å²) in [5.41, 5.74) is 4.43. The standard InChI is InChI=1S/C19H23N3O/c1-18(2)11-19(18,13-7-4-3-5-8-13)12-20-17(23)16-14-9-6-10-15(14)21-22-16/h3-5,7-8H,6,9-12H2,1-2H3,(H,20,23)(H,21,22)/t19-/m0/s1. The van der Waals surface area contributed by atoms with E-state index in [4.69, 9.17) is 0 Å². The van der Waals surface area contributed by atoms with Crippen molar-refractivity contribution in [3.8, 4) is 0 Å². The van der Waals surface area contributed by atoms with Crippen LogP contribution >= 0.6 is 0 Å². The molecule has 4 rings (SSSR count). The molecule has 120 valence electrons. The summed E-state index contributed by atoms with van der Waals surface area (Å²) in [5, 5.41) is 10.4. The van der Waals surface area contributed by atoms with E-state index in [0.717, 1.165) is 36.9 Å². The first kappa shape index (κ1) is 14.5. The molecule has 1 heterocycles. The Morgan fingerprint density at radius 3 is 2.70 bits per heavy atom.